The van der Waals surface area contributed by atoms with E-state index in [1.165, 1.54) is 0 Å². The molecule has 1 aliphatic rings. The smallest absolute Gasteiger partial charge is 0.150 e. The van der Waals surface area contributed by atoms with E-state index in [-0.39, 0.29) is 24.2 Å². The normalized spacial score (nSPS) is 26.9. The standard InChI is InChI=1S/C12H25NO3S/c1-3-10(2)13-6-4-11(8-14)12-5-7-17(15,16)9-12/h10-14H,3-9H2,1-2H3. The largest absolute Gasteiger partial charge is 0.396 e. The Balaban J connectivity index is 2.34. The summed E-state index contributed by atoms with van der Waals surface area (Å²) in [5, 5.41) is 12.7. The highest BCUT2D eigenvalue weighted by molar-refractivity contribution is 7.91. The van der Waals surface area contributed by atoms with Crippen LogP contribution in [0.2, 0.25) is 0 Å². The zero-order chi connectivity index (χ0) is 12.9. The third-order valence-electron chi connectivity index (χ3n) is 3.79. The zero-order valence-electron chi connectivity index (χ0n) is 10.9. The topological polar surface area (TPSA) is 66.4 Å². The van der Waals surface area contributed by atoms with Gasteiger partial charge in [0.05, 0.1) is 11.5 Å². The fourth-order valence-electron chi connectivity index (χ4n) is 2.33. The highest BCUT2D eigenvalue weighted by atomic mass is 32.2. The molecule has 0 bridgehead atoms. The molecule has 1 aliphatic heterocycles. The van der Waals surface area contributed by atoms with Crippen molar-refractivity contribution in [3.63, 3.8) is 0 Å². The maximum absolute atomic E-state index is 11.4. The van der Waals surface area contributed by atoms with Crippen LogP contribution < -0.4 is 5.32 Å². The van der Waals surface area contributed by atoms with Gasteiger partial charge in [-0.2, -0.15) is 0 Å². The maximum Gasteiger partial charge on any atom is 0.150 e. The first-order chi connectivity index (χ1) is 7.98. The molecular weight excluding hydrogens is 238 g/mol. The summed E-state index contributed by atoms with van der Waals surface area (Å²) in [5.41, 5.74) is 0. The Kier molecular flexibility index (Phi) is 5.89. The Morgan fingerprint density at radius 1 is 1.47 bits per heavy atom. The summed E-state index contributed by atoms with van der Waals surface area (Å²) in [5.74, 6) is 0.849. The van der Waals surface area contributed by atoms with Crippen molar-refractivity contribution in [1.82, 2.24) is 5.32 Å². The number of sulfone groups is 1. The van der Waals surface area contributed by atoms with Gasteiger partial charge in [0.2, 0.25) is 0 Å². The summed E-state index contributed by atoms with van der Waals surface area (Å²) in [6.45, 7) is 5.22. The monoisotopic (exact) mass is 263 g/mol. The second-order valence-corrected chi connectivity index (χ2v) is 7.39. The molecule has 0 aromatic carbocycles. The second-order valence-electron chi connectivity index (χ2n) is 5.16. The molecule has 1 rings (SSSR count). The number of hydrogen-bond donors (Lipinski definition) is 2. The van der Waals surface area contributed by atoms with Crippen molar-refractivity contribution in [2.24, 2.45) is 11.8 Å². The lowest BCUT2D eigenvalue weighted by Crippen LogP contribution is -2.30. The molecule has 0 aliphatic carbocycles. The summed E-state index contributed by atoms with van der Waals surface area (Å²) in [6, 6.07) is 0.488. The Morgan fingerprint density at radius 2 is 2.18 bits per heavy atom. The van der Waals surface area contributed by atoms with Gasteiger partial charge in [-0.15, -0.1) is 0 Å². The van der Waals surface area contributed by atoms with E-state index in [9.17, 15) is 13.5 Å². The zero-order valence-corrected chi connectivity index (χ0v) is 11.7. The van der Waals surface area contributed by atoms with Gasteiger partial charge in [-0.3, -0.25) is 0 Å². The van der Waals surface area contributed by atoms with Crippen LogP contribution in [-0.4, -0.2) is 44.2 Å². The molecule has 1 fully saturated rings. The average molecular weight is 263 g/mol. The molecule has 0 aromatic heterocycles. The Hall–Kier alpha value is -0.130. The van der Waals surface area contributed by atoms with E-state index in [1.807, 2.05) is 0 Å². The van der Waals surface area contributed by atoms with Gasteiger partial charge in [0, 0.05) is 12.6 Å². The van der Waals surface area contributed by atoms with Crippen molar-refractivity contribution in [2.75, 3.05) is 24.7 Å². The van der Waals surface area contributed by atoms with E-state index >= 15 is 0 Å². The predicted octanol–water partition coefficient (Wildman–Crippen LogP) is 0.808. The number of nitrogens with one attached hydrogen (secondary N) is 1. The summed E-state index contributed by atoms with van der Waals surface area (Å²) < 4.78 is 22.8. The summed E-state index contributed by atoms with van der Waals surface area (Å²) in [6.07, 6.45) is 2.67. The van der Waals surface area contributed by atoms with Gasteiger partial charge in [0.1, 0.15) is 0 Å². The van der Waals surface area contributed by atoms with Gasteiger partial charge in [0.15, 0.2) is 9.84 Å². The molecule has 4 nitrogen and oxygen atoms in total. The second kappa shape index (κ2) is 6.71. The summed E-state index contributed by atoms with van der Waals surface area (Å²) in [4.78, 5) is 0. The van der Waals surface area contributed by atoms with E-state index in [4.69, 9.17) is 0 Å². The molecule has 0 aromatic rings. The molecule has 5 heteroatoms. The Morgan fingerprint density at radius 3 is 2.65 bits per heavy atom. The van der Waals surface area contributed by atoms with Gasteiger partial charge in [-0.1, -0.05) is 6.92 Å². The van der Waals surface area contributed by atoms with E-state index in [0.717, 1.165) is 25.8 Å². The molecule has 102 valence electrons. The number of aliphatic hydroxyl groups is 1. The highest BCUT2D eigenvalue weighted by Crippen LogP contribution is 2.27. The van der Waals surface area contributed by atoms with Crippen molar-refractivity contribution in [3.05, 3.63) is 0 Å². The van der Waals surface area contributed by atoms with Crippen LogP contribution in [0.3, 0.4) is 0 Å². The molecule has 0 saturated carbocycles. The lowest BCUT2D eigenvalue weighted by Gasteiger charge is -2.21. The van der Waals surface area contributed by atoms with E-state index in [1.54, 1.807) is 0 Å². The third kappa shape index (κ3) is 4.94. The van der Waals surface area contributed by atoms with Crippen LogP contribution in [0, 0.1) is 11.8 Å². The van der Waals surface area contributed by atoms with Crippen LogP contribution in [0.15, 0.2) is 0 Å². The molecule has 0 radical (unpaired) electrons. The molecule has 1 heterocycles. The van der Waals surface area contributed by atoms with Crippen molar-refractivity contribution in [1.29, 1.82) is 0 Å². The van der Waals surface area contributed by atoms with Gasteiger partial charge in [-0.05, 0) is 44.6 Å². The highest BCUT2D eigenvalue weighted by Gasteiger charge is 2.32. The molecule has 3 unspecified atom stereocenters. The molecular formula is C12H25NO3S. The van der Waals surface area contributed by atoms with Gasteiger partial charge in [0.25, 0.3) is 0 Å². The first-order valence-corrected chi connectivity index (χ1v) is 8.35. The van der Waals surface area contributed by atoms with Crippen LogP contribution in [0.4, 0.5) is 0 Å². The summed E-state index contributed by atoms with van der Waals surface area (Å²) in [7, 11) is -2.83. The summed E-state index contributed by atoms with van der Waals surface area (Å²) >= 11 is 0. The Bertz CT molecular complexity index is 316. The maximum atomic E-state index is 11.4. The minimum Gasteiger partial charge on any atom is -0.396 e. The first-order valence-electron chi connectivity index (χ1n) is 6.53. The van der Waals surface area contributed by atoms with Gasteiger partial charge >= 0.3 is 0 Å². The minimum absolute atomic E-state index is 0.0996. The van der Waals surface area contributed by atoms with Crippen molar-refractivity contribution < 1.29 is 13.5 Å². The predicted molar refractivity (Wildman–Crippen MR) is 69.7 cm³/mol. The van der Waals surface area contributed by atoms with Crippen LogP contribution in [0.5, 0.6) is 0 Å². The lowest BCUT2D eigenvalue weighted by atomic mass is 9.89. The van der Waals surface area contributed by atoms with E-state index < -0.39 is 9.84 Å². The van der Waals surface area contributed by atoms with Gasteiger partial charge in [-0.25, -0.2) is 8.42 Å². The van der Waals surface area contributed by atoms with Crippen LogP contribution in [0.1, 0.15) is 33.1 Å². The van der Waals surface area contributed by atoms with Crippen molar-refractivity contribution in [2.45, 2.75) is 39.2 Å². The molecule has 0 amide bonds. The molecule has 3 atom stereocenters. The van der Waals surface area contributed by atoms with E-state index in [0.29, 0.717) is 11.8 Å². The lowest BCUT2D eigenvalue weighted by molar-refractivity contribution is 0.174. The number of aliphatic hydroxyl groups excluding tert-OH is 1. The van der Waals surface area contributed by atoms with E-state index in [2.05, 4.69) is 19.2 Å². The molecule has 2 N–H and O–H groups in total. The van der Waals surface area contributed by atoms with Crippen molar-refractivity contribution >= 4 is 9.84 Å². The van der Waals surface area contributed by atoms with Crippen LogP contribution in [-0.2, 0) is 9.84 Å². The van der Waals surface area contributed by atoms with Crippen LogP contribution in [0.25, 0.3) is 0 Å². The quantitative estimate of drug-likeness (QED) is 0.713. The average Bonchev–Trinajstić information content (AvgIpc) is 2.64. The third-order valence-corrected chi connectivity index (χ3v) is 5.58. The molecule has 17 heavy (non-hydrogen) atoms. The fraction of sp³-hybridized carbons (Fsp3) is 1.00. The van der Waals surface area contributed by atoms with Gasteiger partial charge < -0.3 is 10.4 Å². The Labute approximate surface area is 105 Å². The fourth-order valence-corrected chi connectivity index (χ4v) is 4.25. The minimum atomic E-state index is -2.83. The number of rotatable bonds is 7. The first kappa shape index (κ1) is 14.9. The van der Waals surface area contributed by atoms with Crippen LogP contribution >= 0.6 is 0 Å². The molecule has 0 spiro atoms. The number of hydrogen-bond acceptors (Lipinski definition) is 4. The van der Waals surface area contributed by atoms with Crippen molar-refractivity contribution in [3.8, 4) is 0 Å². The SMILES string of the molecule is CCC(C)NCCC(CO)C1CCS(=O)(=O)C1. The molecule has 1 saturated heterocycles.